The van der Waals surface area contributed by atoms with Crippen LogP contribution in [-0.2, 0) is 9.53 Å². The van der Waals surface area contributed by atoms with E-state index in [-0.39, 0.29) is 17.8 Å². The maximum absolute atomic E-state index is 13.6. The number of carbonyl (C=O) groups excluding carboxylic acids is 1. The van der Waals surface area contributed by atoms with Gasteiger partial charge in [-0.3, -0.25) is 4.79 Å². The van der Waals surface area contributed by atoms with E-state index in [0.29, 0.717) is 25.0 Å². The van der Waals surface area contributed by atoms with Gasteiger partial charge in [0, 0.05) is 31.7 Å². The van der Waals surface area contributed by atoms with Crippen LogP contribution in [0.4, 0.5) is 4.39 Å². The van der Waals surface area contributed by atoms with Gasteiger partial charge in [-0.2, -0.15) is 0 Å². The van der Waals surface area contributed by atoms with Gasteiger partial charge < -0.3 is 15.4 Å². The zero-order chi connectivity index (χ0) is 15.2. The molecule has 5 heteroatoms. The molecule has 0 aliphatic carbocycles. The fourth-order valence-electron chi connectivity index (χ4n) is 2.88. The lowest BCUT2D eigenvalue weighted by atomic mass is 10.0. The van der Waals surface area contributed by atoms with Gasteiger partial charge in [0.15, 0.2) is 0 Å². The smallest absolute Gasteiger partial charge is 0.222 e. The highest BCUT2D eigenvalue weighted by molar-refractivity contribution is 5.76. The predicted molar refractivity (Wildman–Crippen MR) is 79.2 cm³/mol. The van der Waals surface area contributed by atoms with E-state index in [4.69, 9.17) is 10.5 Å². The number of nitrogens with zero attached hydrogens (tertiary/aromatic N) is 1. The lowest BCUT2D eigenvalue weighted by Gasteiger charge is -2.24. The first kappa shape index (κ1) is 15.9. The van der Waals surface area contributed by atoms with Crippen LogP contribution < -0.4 is 5.73 Å². The van der Waals surface area contributed by atoms with Crippen LogP contribution in [0.25, 0.3) is 0 Å². The second-order valence-electron chi connectivity index (χ2n) is 5.51. The molecule has 2 atom stereocenters. The summed E-state index contributed by atoms with van der Waals surface area (Å²) in [5.41, 5.74) is 6.47. The van der Waals surface area contributed by atoms with Crippen LogP contribution in [0.1, 0.15) is 37.3 Å². The second kappa shape index (κ2) is 7.52. The minimum absolute atomic E-state index is 0.0846. The number of halogens is 1. The molecule has 1 heterocycles. The minimum Gasteiger partial charge on any atom is -0.383 e. The zero-order valence-corrected chi connectivity index (χ0v) is 12.4. The minimum atomic E-state index is -0.446. The predicted octanol–water partition coefficient (Wildman–Crippen LogP) is 2.24. The molecule has 2 N–H and O–H groups in total. The van der Waals surface area contributed by atoms with Crippen LogP contribution in [0, 0.1) is 5.82 Å². The highest BCUT2D eigenvalue weighted by Crippen LogP contribution is 2.22. The average molecular weight is 294 g/mol. The molecule has 116 valence electrons. The highest BCUT2D eigenvalue weighted by Gasteiger charge is 2.28. The maximum atomic E-state index is 13.6. The van der Waals surface area contributed by atoms with E-state index in [1.165, 1.54) is 6.07 Å². The molecule has 1 aromatic carbocycles. The van der Waals surface area contributed by atoms with E-state index in [2.05, 4.69) is 0 Å². The average Bonchev–Trinajstić information content (AvgIpc) is 2.93. The lowest BCUT2D eigenvalue weighted by Crippen LogP contribution is -2.38. The molecule has 0 aromatic heterocycles. The van der Waals surface area contributed by atoms with Gasteiger partial charge in [0.05, 0.1) is 12.6 Å². The summed E-state index contributed by atoms with van der Waals surface area (Å²) in [5.74, 6) is -0.225. The molecule has 1 amide bonds. The third-order valence-corrected chi connectivity index (χ3v) is 4.03. The van der Waals surface area contributed by atoms with Crippen molar-refractivity contribution in [1.82, 2.24) is 4.90 Å². The Morgan fingerprint density at radius 1 is 1.52 bits per heavy atom. The molecule has 21 heavy (non-hydrogen) atoms. The summed E-state index contributed by atoms with van der Waals surface area (Å²) < 4.78 is 18.8. The summed E-state index contributed by atoms with van der Waals surface area (Å²) in [6, 6.07) is 6.19. The van der Waals surface area contributed by atoms with Crippen molar-refractivity contribution in [3.05, 3.63) is 35.6 Å². The van der Waals surface area contributed by atoms with E-state index in [0.717, 1.165) is 19.4 Å². The largest absolute Gasteiger partial charge is 0.383 e. The SMILES string of the molecule is COCC1CCCN1C(=O)CCC(N)c1ccccc1F. The van der Waals surface area contributed by atoms with Crippen molar-refractivity contribution in [2.45, 2.75) is 37.8 Å². The Bertz CT molecular complexity index is 481. The number of hydrogen-bond acceptors (Lipinski definition) is 3. The third kappa shape index (κ3) is 4.02. The summed E-state index contributed by atoms with van der Waals surface area (Å²) in [6.45, 7) is 1.35. The molecule has 1 aromatic rings. The first-order valence-electron chi connectivity index (χ1n) is 7.42. The van der Waals surface area contributed by atoms with Crippen LogP contribution >= 0.6 is 0 Å². The summed E-state index contributed by atoms with van der Waals surface area (Å²) in [7, 11) is 1.65. The van der Waals surface area contributed by atoms with Crippen molar-refractivity contribution in [3.63, 3.8) is 0 Å². The Kier molecular flexibility index (Phi) is 5.70. The number of amides is 1. The van der Waals surface area contributed by atoms with Gasteiger partial charge in [-0.25, -0.2) is 4.39 Å². The third-order valence-electron chi connectivity index (χ3n) is 4.03. The van der Waals surface area contributed by atoms with E-state index >= 15 is 0 Å². The molecule has 0 saturated carbocycles. The number of likely N-dealkylation sites (tertiary alicyclic amines) is 1. The Morgan fingerprint density at radius 3 is 3.00 bits per heavy atom. The van der Waals surface area contributed by atoms with E-state index in [1.54, 1.807) is 25.3 Å². The van der Waals surface area contributed by atoms with Crippen LogP contribution in [-0.4, -0.2) is 37.1 Å². The number of nitrogens with two attached hydrogens (primary N) is 1. The highest BCUT2D eigenvalue weighted by atomic mass is 19.1. The molecule has 0 bridgehead atoms. The monoisotopic (exact) mass is 294 g/mol. The van der Waals surface area contributed by atoms with Crippen molar-refractivity contribution in [3.8, 4) is 0 Å². The van der Waals surface area contributed by atoms with E-state index < -0.39 is 6.04 Å². The molecular weight excluding hydrogens is 271 g/mol. The first-order chi connectivity index (χ1) is 10.1. The van der Waals surface area contributed by atoms with Crippen LogP contribution in [0.2, 0.25) is 0 Å². The molecule has 1 fully saturated rings. The van der Waals surface area contributed by atoms with Crippen LogP contribution in [0.15, 0.2) is 24.3 Å². The number of benzene rings is 1. The van der Waals surface area contributed by atoms with Gasteiger partial charge in [-0.05, 0) is 25.3 Å². The normalized spacial score (nSPS) is 19.8. The number of methoxy groups -OCH3 is 1. The summed E-state index contributed by atoms with van der Waals surface area (Å²) in [6.07, 6.45) is 2.80. The molecule has 1 aliphatic heterocycles. The van der Waals surface area contributed by atoms with Crippen LogP contribution in [0.5, 0.6) is 0 Å². The number of ether oxygens (including phenoxy) is 1. The van der Waals surface area contributed by atoms with Gasteiger partial charge in [0.25, 0.3) is 0 Å². The molecule has 2 rings (SSSR count). The quantitative estimate of drug-likeness (QED) is 0.875. The fourth-order valence-corrected chi connectivity index (χ4v) is 2.88. The molecule has 1 aliphatic rings. The van der Waals surface area contributed by atoms with E-state index in [1.807, 2.05) is 4.90 Å². The van der Waals surface area contributed by atoms with Crippen molar-refractivity contribution in [2.75, 3.05) is 20.3 Å². The Morgan fingerprint density at radius 2 is 2.29 bits per heavy atom. The van der Waals surface area contributed by atoms with Gasteiger partial charge >= 0.3 is 0 Å². The Balaban J connectivity index is 1.87. The molecule has 0 spiro atoms. The van der Waals surface area contributed by atoms with Gasteiger partial charge in [0.1, 0.15) is 5.82 Å². The molecule has 1 saturated heterocycles. The van der Waals surface area contributed by atoms with Gasteiger partial charge in [-0.15, -0.1) is 0 Å². The standard InChI is InChI=1S/C16H23FN2O2/c1-21-11-12-5-4-10-19(12)16(20)9-8-15(18)13-6-2-3-7-14(13)17/h2-3,6-7,12,15H,4-5,8-11,18H2,1H3. The van der Waals surface area contributed by atoms with Gasteiger partial charge in [-0.1, -0.05) is 18.2 Å². The number of carbonyl (C=O) groups is 1. The Labute approximate surface area is 125 Å². The van der Waals surface area contributed by atoms with Gasteiger partial charge in [0.2, 0.25) is 5.91 Å². The van der Waals surface area contributed by atoms with Crippen molar-refractivity contribution in [1.29, 1.82) is 0 Å². The topological polar surface area (TPSA) is 55.6 Å². The fraction of sp³-hybridized carbons (Fsp3) is 0.562. The second-order valence-corrected chi connectivity index (χ2v) is 5.51. The molecule has 2 unspecified atom stereocenters. The number of hydrogen-bond donors (Lipinski definition) is 1. The summed E-state index contributed by atoms with van der Waals surface area (Å²) in [4.78, 5) is 14.1. The lowest BCUT2D eigenvalue weighted by molar-refractivity contribution is -0.133. The van der Waals surface area contributed by atoms with E-state index in [9.17, 15) is 9.18 Å². The molecule has 4 nitrogen and oxygen atoms in total. The van der Waals surface area contributed by atoms with Crippen molar-refractivity contribution < 1.29 is 13.9 Å². The zero-order valence-electron chi connectivity index (χ0n) is 12.4. The molecule has 0 radical (unpaired) electrons. The van der Waals surface area contributed by atoms with Crippen LogP contribution in [0.3, 0.4) is 0 Å². The Hall–Kier alpha value is -1.46. The molecular formula is C16H23FN2O2. The summed E-state index contributed by atoms with van der Waals surface area (Å²) in [5, 5.41) is 0. The summed E-state index contributed by atoms with van der Waals surface area (Å²) >= 11 is 0. The van der Waals surface area contributed by atoms with Crippen molar-refractivity contribution in [2.24, 2.45) is 5.73 Å². The van der Waals surface area contributed by atoms with Crippen molar-refractivity contribution >= 4 is 5.91 Å². The first-order valence-corrected chi connectivity index (χ1v) is 7.42. The maximum Gasteiger partial charge on any atom is 0.222 e. The number of rotatable bonds is 6.